The van der Waals surface area contributed by atoms with Gasteiger partial charge in [0.1, 0.15) is 0 Å². The highest BCUT2D eigenvalue weighted by Gasteiger charge is 2.18. The van der Waals surface area contributed by atoms with Crippen LogP contribution in [0, 0.1) is 0 Å². The Morgan fingerprint density at radius 1 is 1.00 bits per heavy atom. The van der Waals surface area contributed by atoms with Crippen LogP contribution in [0.4, 0.5) is 5.69 Å². The maximum absolute atomic E-state index is 3.61. The van der Waals surface area contributed by atoms with Crippen LogP contribution >= 0.6 is 27.3 Å². The molecule has 2 nitrogen and oxygen atoms in total. The van der Waals surface area contributed by atoms with E-state index in [0.717, 1.165) is 32.7 Å². The van der Waals surface area contributed by atoms with Crippen LogP contribution in [-0.2, 0) is 6.54 Å². The largest absolute Gasteiger partial charge is 0.369 e. The zero-order valence-corrected chi connectivity index (χ0v) is 13.2. The number of halogens is 1. The molecule has 0 bridgehead atoms. The van der Waals surface area contributed by atoms with Crippen molar-refractivity contribution in [1.82, 2.24) is 4.90 Å². The second-order valence-corrected chi connectivity index (χ2v) is 6.65. The Kier molecular flexibility index (Phi) is 4.21. The molecule has 1 fully saturated rings. The molecular weight excluding hydrogens is 320 g/mol. The molecule has 1 aliphatic heterocycles. The van der Waals surface area contributed by atoms with Crippen LogP contribution in [0.1, 0.15) is 4.88 Å². The van der Waals surface area contributed by atoms with Gasteiger partial charge in [-0.3, -0.25) is 4.90 Å². The Morgan fingerprint density at radius 2 is 1.74 bits per heavy atom. The van der Waals surface area contributed by atoms with Gasteiger partial charge in [-0.25, -0.2) is 0 Å². The first kappa shape index (κ1) is 13.2. The minimum atomic E-state index is 1.07. The van der Waals surface area contributed by atoms with Crippen molar-refractivity contribution in [3.63, 3.8) is 0 Å². The fraction of sp³-hybridized carbons (Fsp3) is 0.333. The molecule has 2 heterocycles. The van der Waals surface area contributed by atoms with Crippen molar-refractivity contribution in [2.75, 3.05) is 31.1 Å². The maximum Gasteiger partial charge on any atom is 0.0367 e. The molecule has 1 aliphatic rings. The van der Waals surface area contributed by atoms with Crippen molar-refractivity contribution in [2.24, 2.45) is 0 Å². The number of thiophene rings is 1. The summed E-state index contributed by atoms with van der Waals surface area (Å²) < 4.78 is 1.25. The molecule has 0 N–H and O–H groups in total. The summed E-state index contributed by atoms with van der Waals surface area (Å²) in [7, 11) is 0. The first-order valence-corrected chi connectivity index (χ1v) is 8.24. The van der Waals surface area contributed by atoms with Gasteiger partial charge in [0.25, 0.3) is 0 Å². The van der Waals surface area contributed by atoms with Crippen LogP contribution in [0.3, 0.4) is 0 Å². The van der Waals surface area contributed by atoms with Crippen LogP contribution in [0.25, 0.3) is 0 Å². The Hall–Kier alpha value is -0.840. The summed E-state index contributed by atoms with van der Waals surface area (Å²) >= 11 is 5.45. The topological polar surface area (TPSA) is 6.48 Å². The summed E-state index contributed by atoms with van der Waals surface area (Å²) in [4.78, 5) is 6.45. The predicted molar refractivity (Wildman–Crippen MR) is 86.0 cm³/mol. The third kappa shape index (κ3) is 3.19. The van der Waals surface area contributed by atoms with Crippen LogP contribution in [-0.4, -0.2) is 31.1 Å². The second-order valence-electron chi connectivity index (χ2n) is 4.79. The van der Waals surface area contributed by atoms with Crippen molar-refractivity contribution in [3.05, 3.63) is 51.1 Å². The summed E-state index contributed by atoms with van der Waals surface area (Å²) in [5.41, 5.74) is 1.35. The van der Waals surface area contributed by atoms with Gasteiger partial charge in [0.15, 0.2) is 0 Å². The lowest BCUT2D eigenvalue weighted by molar-refractivity contribution is 0.251. The van der Waals surface area contributed by atoms with Gasteiger partial charge in [0.2, 0.25) is 0 Å². The van der Waals surface area contributed by atoms with Crippen LogP contribution in [0.15, 0.2) is 46.3 Å². The van der Waals surface area contributed by atoms with Gasteiger partial charge in [-0.05, 0) is 39.5 Å². The molecule has 1 aromatic heterocycles. The van der Waals surface area contributed by atoms with Crippen LogP contribution in [0.5, 0.6) is 0 Å². The standard InChI is InChI=1S/C15H17BrN2S/c16-14-6-11-19-15(14)12-17-7-9-18(10-8-17)13-4-2-1-3-5-13/h1-6,11H,7-10,12H2. The van der Waals surface area contributed by atoms with E-state index in [1.807, 2.05) is 11.3 Å². The molecule has 0 aliphatic carbocycles. The summed E-state index contributed by atoms with van der Waals surface area (Å²) in [5.74, 6) is 0. The number of para-hydroxylation sites is 1. The van der Waals surface area contributed by atoms with Crippen LogP contribution < -0.4 is 4.90 Å². The van der Waals surface area contributed by atoms with Crippen molar-refractivity contribution in [3.8, 4) is 0 Å². The van der Waals surface area contributed by atoms with Gasteiger partial charge in [0.05, 0.1) is 0 Å². The highest BCUT2D eigenvalue weighted by molar-refractivity contribution is 9.10. The quantitative estimate of drug-likeness (QED) is 0.840. The lowest BCUT2D eigenvalue weighted by atomic mass is 10.2. The van der Waals surface area contributed by atoms with Crippen molar-refractivity contribution in [2.45, 2.75) is 6.54 Å². The monoisotopic (exact) mass is 336 g/mol. The number of rotatable bonds is 3. The van der Waals surface area contributed by atoms with E-state index in [1.54, 1.807) is 0 Å². The van der Waals surface area contributed by atoms with Crippen LogP contribution in [0.2, 0.25) is 0 Å². The Morgan fingerprint density at radius 3 is 2.37 bits per heavy atom. The number of piperazine rings is 1. The average molecular weight is 337 g/mol. The fourth-order valence-electron chi connectivity index (χ4n) is 2.44. The lowest BCUT2D eigenvalue weighted by Crippen LogP contribution is -2.45. The van der Waals surface area contributed by atoms with E-state index in [0.29, 0.717) is 0 Å². The van der Waals surface area contributed by atoms with Gasteiger partial charge in [-0.2, -0.15) is 0 Å². The smallest absolute Gasteiger partial charge is 0.0367 e. The van der Waals surface area contributed by atoms with Crippen molar-refractivity contribution < 1.29 is 0 Å². The summed E-state index contributed by atoms with van der Waals surface area (Å²) in [6.07, 6.45) is 0. The molecule has 0 saturated carbocycles. The zero-order chi connectivity index (χ0) is 13.1. The Labute approximate surface area is 126 Å². The van der Waals surface area contributed by atoms with E-state index in [4.69, 9.17) is 0 Å². The summed E-state index contributed by atoms with van der Waals surface area (Å²) in [6.45, 7) is 5.58. The molecule has 4 heteroatoms. The van der Waals surface area contributed by atoms with Gasteiger partial charge < -0.3 is 4.90 Å². The van der Waals surface area contributed by atoms with Gasteiger partial charge in [-0.1, -0.05) is 18.2 Å². The summed E-state index contributed by atoms with van der Waals surface area (Å²) in [6, 6.07) is 12.8. The minimum Gasteiger partial charge on any atom is -0.369 e. The van der Waals surface area contributed by atoms with E-state index >= 15 is 0 Å². The molecule has 1 saturated heterocycles. The average Bonchev–Trinajstić information content (AvgIpc) is 2.86. The summed E-state index contributed by atoms with van der Waals surface area (Å²) in [5, 5.41) is 2.15. The SMILES string of the molecule is Brc1ccsc1CN1CCN(c2ccccc2)CC1. The van der Waals surface area contributed by atoms with Gasteiger partial charge in [0, 0.05) is 47.8 Å². The third-order valence-corrected chi connectivity index (χ3v) is 5.46. The number of anilines is 1. The normalized spacial score (nSPS) is 16.8. The maximum atomic E-state index is 3.61. The molecule has 1 aromatic carbocycles. The van der Waals surface area contributed by atoms with E-state index in [1.165, 1.54) is 15.0 Å². The zero-order valence-electron chi connectivity index (χ0n) is 10.8. The molecule has 2 aromatic rings. The predicted octanol–water partition coefficient (Wildman–Crippen LogP) is 3.83. The Bertz CT molecular complexity index is 518. The molecule has 19 heavy (non-hydrogen) atoms. The van der Waals surface area contributed by atoms with E-state index in [2.05, 4.69) is 67.5 Å². The highest BCUT2D eigenvalue weighted by Crippen LogP contribution is 2.25. The number of hydrogen-bond acceptors (Lipinski definition) is 3. The molecule has 0 spiro atoms. The molecule has 0 amide bonds. The fourth-order valence-corrected chi connectivity index (χ4v) is 3.96. The van der Waals surface area contributed by atoms with Crippen molar-refractivity contribution >= 4 is 33.0 Å². The minimum absolute atomic E-state index is 1.07. The Balaban J connectivity index is 1.57. The molecule has 0 radical (unpaired) electrons. The number of hydrogen-bond donors (Lipinski definition) is 0. The highest BCUT2D eigenvalue weighted by atomic mass is 79.9. The number of benzene rings is 1. The van der Waals surface area contributed by atoms with Gasteiger partial charge >= 0.3 is 0 Å². The van der Waals surface area contributed by atoms with E-state index < -0.39 is 0 Å². The van der Waals surface area contributed by atoms with E-state index in [9.17, 15) is 0 Å². The lowest BCUT2D eigenvalue weighted by Gasteiger charge is -2.36. The third-order valence-electron chi connectivity index (χ3n) is 3.55. The van der Waals surface area contributed by atoms with Gasteiger partial charge in [-0.15, -0.1) is 11.3 Å². The molecule has 0 atom stereocenters. The first-order valence-electron chi connectivity index (χ1n) is 6.57. The molecule has 3 rings (SSSR count). The molecule has 0 unspecified atom stereocenters. The number of nitrogens with zero attached hydrogens (tertiary/aromatic N) is 2. The molecular formula is C15H17BrN2S. The first-order chi connectivity index (χ1) is 9.33. The van der Waals surface area contributed by atoms with Crippen molar-refractivity contribution in [1.29, 1.82) is 0 Å². The van der Waals surface area contributed by atoms with E-state index in [-0.39, 0.29) is 0 Å². The second kappa shape index (κ2) is 6.07. The molecule has 100 valence electrons.